The molecule has 0 spiro atoms. The van der Waals surface area contributed by atoms with Gasteiger partial charge in [-0.3, -0.25) is 0 Å². The van der Waals surface area contributed by atoms with Gasteiger partial charge in [-0.05, 0) is 30.6 Å². The second-order valence-electron chi connectivity index (χ2n) is 3.25. The molecule has 1 atom stereocenters. The summed E-state index contributed by atoms with van der Waals surface area (Å²) in [5.74, 6) is 0.967. The van der Waals surface area contributed by atoms with Crippen LogP contribution in [0.25, 0.3) is 0 Å². The lowest BCUT2D eigenvalue weighted by atomic mass is 10.1. The Hall–Kier alpha value is 0.487. The molecule has 1 unspecified atom stereocenters. The number of thiol groups is 1. The van der Waals surface area contributed by atoms with E-state index in [1.54, 1.807) is 14.2 Å². The quantitative estimate of drug-likeness (QED) is 0.502. The molecule has 80 valence electrons. The van der Waals surface area contributed by atoms with E-state index in [0.717, 1.165) is 5.75 Å². The predicted octanol–water partition coefficient (Wildman–Crippen LogP) is 2.38. The van der Waals surface area contributed by atoms with Crippen LogP contribution < -0.4 is 0 Å². The van der Waals surface area contributed by atoms with Crippen LogP contribution in [-0.2, 0) is 8.85 Å². The summed E-state index contributed by atoms with van der Waals surface area (Å²) in [6, 6.07) is 0. The molecule has 0 rings (SSSR count). The molecule has 0 aromatic rings. The Morgan fingerprint density at radius 3 is 2.23 bits per heavy atom. The van der Waals surface area contributed by atoms with Crippen LogP contribution in [0.5, 0.6) is 0 Å². The number of rotatable bonds is 8. The van der Waals surface area contributed by atoms with Gasteiger partial charge in [0.1, 0.15) is 0 Å². The van der Waals surface area contributed by atoms with Gasteiger partial charge in [-0.15, -0.1) is 0 Å². The molecule has 0 saturated carbocycles. The Balaban J connectivity index is 3.88. The molecular formula is C9H22O2SSi. The van der Waals surface area contributed by atoms with Crippen molar-refractivity contribution < 1.29 is 8.85 Å². The van der Waals surface area contributed by atoms with Crippen molar-refractivity contribution in [3.05, 3.63) is 0 Å². The Morgan fingerprint density at radius 1 is 1.23 bits per heavy atom. The summed E-state index contributed by atoms with van der Waals surface area (Å²) in [4.78, 5) is 0. The van der Waals surface area contributed by atoms with Crippen molar-refractivity contribution in [2.75, 3.05) is 20.0 Å². The number of hydrogen-bond donors (Lipinski definition) is 1. The van der Waals surface area contributed by atoms with Crippen molar-refractivity contribution in [2.24, 2.45) is 0 Å². The fourth-order valence-electron chi connectivity index (χ4n) is 1.62. The zero-order chi connectivity index (χ0) is 10.1. The molecule has 0 fully saturated rings. The smallest absolute Gasteiger partial charge is 0.324 e. The van der Waals surface area contributed by atoms with Crippen LogP contribution in [0.2, 0.25) is 5.54 Å². The summed E-state index contributed by atoms with van der Waals surface area (Å²) >= 11 is 4.22. The van der Waals surface area contributed by atoms with E-state index in [4.69, 9.17) is 8.85 Å². The van der Waals surface area contributed by atoms with Gasteiger partial charge in [0.2, 0.25) is 0 Å². The summed E-state index contributed by atoms with van der Waals surface area (Å²) in [5.41, 5.74) is 0.659. The second kappa shape index (κ2) is 9.06. The first-order valence-corrected chi connectivity index (χ1v) is 7.20. The fraction of sp³-hybridized carbons (Fsp3) is 1.00. The van der Waals surface area contributed by atoms with E-state index < -0.39 is 9.28 Å². The van der Waals surface area contributed by atoms with Crippen LogP contribution in [0.3, 0.4) is 0 Å². The zero-order valence-electron chi connectivity index (χ0n) is 8.95. The molecule has 0 bridgehead atoms. The Morgan fingerprint density at radius 2 is 1.85 bits per heavy atom. The van der Waals surface area contributed by atoms with E-state index in [9.17, 15) is 0 Å². The van der Waals surface area contributed by atoms with Crippen molar-refractivity contribution in [2.45, 2.75) is 38.1 Å². The van der Waals surface area contributed by atoms with E-state index in [1.807, 2.05) is 0 Å². The van der Waals surface area contributed by atoms with Gasteiger partial charge >= 0.3 is 9.28 Å². The topological polar surface area (TPSA) is 18.5 Å². The van der Waals surface area contributed by atoms with E-state index in [1.165, 1.54) is 25.7 Å². The molecule has 0 aromatic heterocycles. The van der Waals surface area contributed by atoms with Crippen LogP contribution in [0.1, 0.15) is 32.6 Å². The van der Waals surface area contributed by atoms with Gasteiger partial charge in [0, 0.05) is 14.2 Å². The molecule has 0 saturated heterocycles. The summed E-state index contributed by atoms with van der Waals surface area (Å²) in [6.45, 7) is 2.21. The minimum Gasteiger partial charge on any atom is -0.400 e. The van der Waals surface area contributed by atoms with Crippen molar-refractivity contribution >= 4 is 21.9 Å². The molecule has 0 N–H and O–H groups in total. The van der Waals surface area contributed by atoms with Crippen LogP contribution >= 0.6 is 12.6 Å². The first-order valence-electron chi connectivity index (χ1n) is 4.96. The lowest BCUT2D eigenvalue weighted by Gasteiger charge is -2.21. The lowest BCUT2D eigenvalue weighted by molar-refractivity contribution is 0.259. The highest BCUT2D eigenvalue weighted by molar-refractivity contribution is 7.80. The zero-order valence-corrected chi connectivity index (χ0v) is 11.0. The minimum atomic E-state index is -1.39. The Bertz CT molecular complexity index is 110. The molecule has 0 radical (unpaired) electrons. The molecule has 0 aliphatic heterocycles. The van der Waals surface area contributed by atoms with Gasteiger partial charge in [-0.1, -0.05) is 13.3 Å². The monoisotopic (exact) mass is 222 g/mol. The average molecular weight is 222 g/mol. The summed E-state index contributed by atoms with van der Waals surface area (Å²) in [7, 11) is 2.14. The van der Waals surface area contributed by atoms with Gasteiger partial charge in [0.05, 0.1) is 0 Å². The Kier molecular flexibility index (Phi) is 9.40. The molecule has 0 amide bonds. The van der Waals surface area contributed by atoms with Gasteiger partial charge < -0.3 is 8.85 Å². The first-order chi connectivity index (χ1) is 6.29. The summed E-state index contributed by atoms with van der Waals surface area (Å²) in [5, 5.41) is 0. The first kappa shape index (κ1) is 13.5. The van der Waals surface area contributed by atoms with Gasteiger partial charge in [0.15, 0.2) is 0 Å². The highest BCUT2D eigenvalue weighted by atomic mass is 32.1. The third-order valence-corrected chi connectivity index (χ3v) is 4.92. The summed E-state index contributed by atoms with van der Waals surface area (Å²) < 4.78 is 10.8. The molecule has 0 aliphatic rings. The maximum absolute atomic E-state index is 5.40. The van der Waals surface area contributed by atoms with Crippen molar-refractivity contribution in [3.63, 3.8) is 0 Å². The Labute approximate surface area is 89.3 Å². The predicted molar refractivity (Wildman–Crippen MR) is 62.9 cm³/mol. The van der Waals surface area contributed by atoms with E-state index in [0.29, 0.717) is 5.54 Å². The average Bonchev–Trinajstić information content (AvgIpc) is 2.16. The number of hydrogen-bond acceptors (Lipinski definition) is 3. The molecular weight excluding hydrogens is 200 g/mol. The third kappa shape index (κ3) is 5.73. The maximum Gasteiger partial charge on any atom is 0.324 e. The third-order valence-electron chi connectivity index (χ3n) is 2.24. The highest BCUT2D eigenvalue weighted by Crippen LogP contribution is 2.24. The van der Waals surface area contributed by atoms with Gasteiger partial charge in [0.25, 0.3) is 0 Å². The largest absolute Gasteiger partial charge is 0.400 e. The van der Waals surface area contributed by atoms with E-state index >= 15 is 0 Å². The summed E-state index contributed by atoms with van der Waals surface area (Å²) in [6.07, 6.45) is 4.82. The van der Waals surface area contributed by atoms with Crippen LogP contribution in [0, 0.1) is 0 Å². The van der Waals surface area contributed by atoms with E-state index in [-0.39, 0.29) is 0 Å². The van der Waals surface area contributed by atoms with Crippen LogP contribution in [0.4, 0.5) is 0 Å². The second-order valence-corrected chi connectivity index (χ2v) is 6.32. The standard InChI is InChI=1S/C9H22O2SSi/c1-4-6-9(7-5-8-12)13(10-2)11-3/h9,12-13H,4-8H2,1-3H3. The highest BCUT2D eigenvalue weighted by Gasteiger charge is 2.22. The maximum atomic E-state index is 5.40. The lowest BCUT2D eigenvalue weighted by Crippen LogP contribution is -2.26. The molecule has 0 heterocycles. The minimum absolute atomic E-state index is 0.659. The van der Waals surface area contributed by atoms with Crippen molar-refractivity contribution in [1.29, 1.82) is 0 Å². The molecule has 13 heavy (non-hydrogen) atoms. The van der Waals surface area contributed by atoms with Gasteiger partial charge in [-0.25, -0.2) is 0 Å². The molecule has 0 aliphatic carbocycles. The van der Waals surface area contributed by atoms with E-state index in [2.05, 4.69) is 19.6 Å². The van der Waals surface area contributed by atoms with Gasteiger partial charge in [-0.2, -0.15) is 12.6 Å². The molecule has 2 nitrogen and oxygen atoms in total. The van der Waals surface area contributed by atoms with Crippen molar-refractivity contribution in [1.82, 2.24) is 0 Å². The molecule has 0 aromatic carbocycles. The SMILES string of the molecule is CCCC(CCCS)[SiH](OC)OC. The molecule has 4 heteroatoms. The van der Waals surface area contributed by atoms with Crippen molar-refractivity contribution in [3.8, 4) is 0 Å². The van der Waals surface area contributed by atoms with Crippen LogP contribution in [0.15, 0.2) is 0 Å². The fourth-order valence-corrected chi connectivity index (χ4v) is 3.88. The normalized spacial score (nSPS) is 13.6. The van der Waals surface area contributed by atoms with Crippen LogP contribution in [-0.4, -0.2) is 29.3 Å².